The van der Waals surface area contributed by atoms with E-state index in [1.165, 1.54) is 30.6 Å². The van der Waals surface area contributed by atoms with E-state index in [1.54, 1.807) is 0 Å². The molecule has 128 valence electrons. The van der Waals surface area contributed by atoms with Crippen molar-refractivity contribution in [3.63, 3.8) is 0 Å². The molecule has 1 aliphatic heterocycles. The average molecular weight is 350 g/mol. The molecule has 0 aliphatic carbocycles. The third-order valence-electron chi connectivity index (χ3n) is 4.08. The first-order valence-electron chi connectivity index (χ1n) is 7.80. The zero-order chi connectivity index (χ0) is 17.2. The molecule has 0 atom stereocenters. The second-order valence-electron chi connectivity index (χ2n) is 5.98. The Morgan fingerprint density at radius 1 is 1.17 bits per heavy atom. The van der Waals surface area contributed by atoms with Gasteiger partial charge in [-0.2, -0.15) is 0 Å². The summed E-state index contributed by atoms with van der Waals surface area (Å²) >= 11 is 0. The summed E-state index contributed by atoms with van der Waals surface area (Å²) in [6.07, 6.45) is 4.98. The van der Waals surface area contributed by atoms with Gasteiger partial charge < -0.3 is 4.90 Å². The quantitative estimate of drug-likeness (QED) is 0.917. The highest BCUT2D eigenvalue weighted by Gasteiger charge is 2.20. The zero-order valence-electron chi connectivity index (χ0n) is 13.3. The van der Waals surface area contributed by atoms with Crippen molar-refractivity contribution >= 4 is 21.7 Å². The molecule has 0 saturated carbocycles. The molecule has 1 aromatic heterocycles. The van der Waals surface area contributed by atoms with Crippen LogP contribution in [0.3, 0.4) is 0 Å². The van der Waals surface area contributed by atoms with E-state index in [0.717, 1.165) is 32.0 Å². The number of piperidine rings is 1. The summed E-state index contributed by atoms with van der Waals surface area (Å²) in [4.78, 5) is 10.1. The van der Waals surface area contributed by atoms with E-state index in [0.29, 0.717) is 11.9 Å². The fraction of sp³-hybridized carbons (Fsp3) is 0.375. The minimum atomic E-state index is -4.01. The second kappa shape index (κ2) is 6.72. The number of anilines is 2. The fourth-order valence-corrected chi connectivity index (χ4v) is 3.73. The lowest BCUT2D eigenvalue weighted by molar-refractivity contribution is 0.434. The minimum Gasteiger partial charge on any atom is -0.341 e. The van der Waals surface area contributed by atoms with Crippen molar-refractivity contribution in [3.8, 4) is 0 Å². The van der Waals surface area contributed by atoms with E-state index in [2.05, 4.69) is 26.5 Å². The third-order valence-corrected chi connectivity index (χ3v) is 5.50. The van der Waals surface area contributed by atoms with Crippen molar-refractivity contribution < 1.29 is 12.8 Å². The normalized spacial score (nSPS) is 16.2. The molecule has 8 heteroatoms. The van der Waals surface area contributed by atoms with Crippen molar-refractivity contribution in [2.75, 3.05) is 22.7 Å². The zero-order valence-corrected chi connectivity index (χ0v) is 14.1. The van der Waals surface area contributed by atoms with Gasteiger partial charge in [0.2, 0.25) is 5.95 Å². The number of nitrogens with zero attached hydrogens (tertiary/aromatic N) is 3. The van der Waals surface area contributed by atoms with Crippen LogP contribution in [-0.2, 0) is 10.0 Å². The van der Waals surface area contributed by atoms with Gasteiger partial charge in [-0.25, -0.2) is 22.8 Å². The molecule has 0 spiro atoms. The lowest BCUT2D eigenvalue weighted by Crippen LogP contribution is -2.34. The predicted octanol–water partition coefficient (Wildman–Crippen LogP) is 2.65. The smallest absolute Gasteiger partial charge is 0.264 e. The molecular weight excluding hydrogens is 331 g/mol. The Hall–Kier alpha value is -2.22. The molecule has 1 fully saturated rings. The van der Waals surface area contributed by atoms with Crippen molar-refractivity contribution in [2.24, 2.45) is 5.92 Å². The molecule has 2 aromatic rings. The van der Waals surface area contributed by atoms with Crippen LogP contribution in [0.15, 0.2) is 41.6 Å². The lowest BCUT2D eigenvalue weighted by atomic mass is 10.00. The van der Waals surface area contributed by atoms with E-state index >= 15 is 0 Å². The molecular formula is C16H19FN4O2S. The first-order valence-corrected chi connectivity index (χ1v) is 9.28. The van der Waals surface area contributed by atoms with Crippen LogP contribution in [0.1, 0.15) is 19.8 Å². The van der Waals surface area contributed by atoms with Crippen LogP contribution < -0.4 is 9.62 Å². The van der Waals surface area contributed by atoms with Crippen LogP contribution in [0.4, 0.5) is 16.0 Å². The molecule has 1 N–H and O–H groups in total. The topological polar surface area (TPSA) is 75.2 Å². The van der Waals surface area contributed by atoms with Gasteiger partial charge in [0.1, 0.15) is 10.7 Å². The molecule has 2 heterocycles. The summed E-state index contributed by atoms with van der Waals surface area (Å²) in [7, 11) is -4.01. The van der Waals surface area contributed by atoms with Gasteiger partial charge in [-0.1, -0.05) is 19.1 Å². The van der Waals surface area contributed by atoms with Crippen molar-refractivity contribution in [1.29, 1.82) is 0 Å². The minimum absolute atomic E-state index is 0.201. The molecule has 0 bridgehead atoms. The Bertz CT molecular complexity index is 803. The number of halogens is 1. The van der Waals surface area contributed by atoms with Crippen molar-refractivity contribution in [2.45, 2.75) is 24.7 Å². The molecule has 3 rings (SSSR count). The summed E-state index contributed by atoms with van der Waals surface area (Å²) in [6, 6.07) is 5.22. The number of benzene rings is 1. The molecule has 1 aliphatic rings. The largest absolute Gasteiger partial charge is 0.341 e. The highest BCUT2D eigenvalue weighted by atomic mass is 32.2. The molecule has 0 radical (unpaired) electrons. The van der Waals surface area contributed by atoms with Gasteiger partial charge in [0, 0.05) is 13.1 Å². The van der Waals surface area contributed by atoms with Crippen LogP contribution >= 0.6 is 0 Å². The number of rotatable bonds is 4. The number of sulfonamides is 1. The Labute approximate surface area is 140 Å². The van der Waals surface area contributed by atoms with Crippen LogP contribution in [0.2, 0.25) is 0 Å². The van der Waals surface area contributed by atoms with Gasteiger partial charge in [-0.15, -0.1) is 0 Å². The molecule has 0 amide bonds. The van der Waals surface area contributed by atoms with E-state index in [1.807, 2.05) is 0 Å². The second-order valence-corrected chi connectivity index (χ2v) is 7.63. The van der Waals surface area contributed by atoms with Crippen LogP contribution in [0, 0.1) is 11.7 Å². The first-order chi connectivity index (χ1) is 11.5. The average Bonchev–Trinajstić information content (AvgIpc) is 2.56. The highest BCUT2D eigenvalue weighted by Crippen LogP contribution is 2.21. The van der Waals surface area contributed by atoms with Gasteiger partial charge in [0.05, 0.1) is 18.1 Å². The maximum absolute atomic E-state index is 13.7. The maximum atomic E-state index is 13.7. The molecule has 1 saturated heterocycles. The highest BCUT2D eigenvalue weighted by molar-refractivity contribution is 7.92. The number of hydrogen-bond donors (Lipinski definition) is 1. The van der Waals surface area contributed by atoms with Gasteiger partial charge in [0.15, 0.2) is 0 Å². The van der Waals surface area contributed by atoms with E-state index in [9.17, 15) is 12.8 Å². The Balaban J connectivity index is 1.73. The van der Waals surface area contributed by atoms with Crippen LogP contribution in [-0.4, -0.2) is 31.5 Å². The van der Waals surface area contributed by atoms with Crippen molar-refractivity contribution in [1.82, 2.24) is 9.97 Å². The number of hydrogen-bond acceptors (Lipinski definition) is 5. The van der Waals surface area contributed by atoms with Gasteiger partial charge >= 0.3 is 0 Å². The molecule has 24 heavy (non-hydrogen) atoms. The number of aromatic nitrogens is 2. The third kappa shape index (κ3) is 3.64. The predicted molar refractivity (Wildman–Crippen MR) is 89.9 cm³/mol. The Morgan fingerprint density at radius 2 is 1.79 bits per heavy atom. The van der Waals surface area contributed by atoms with Crippen LogP contribution in [0.5, 0.6) is 0 Å². The van der Waals surface area contributed by atoms with Gasteiger partial charge in [-0.05, 0) is 30.9 Å². The summed E-state index contributed by atoms with van der Waals surface area (Å²) in [5, 5.41) is 0. The van der Waals surface area contributed by atoms with E-state index in [-0.39, 0.29) is 5.69 Å². The summed E-state index contributed by atoms with van der Waals surface area (Å²) in [6.45, 7) is 4.00. The standard InChI is InChI=1S/C16H19FN4O2S/c1-12-6-8-21(9-7-12)16-18-10-13(11-19-16)20-24(22,23)15-5-3-2-4-14(15)17/h2-5,10-12,20H,6-9H2,1H3. The molecule has 6 nitrogen and oxygen atoms in total. The monoisotopic (exact) mass is 350 g/mol. The summed E-state index contributed by atoms with van der Waals surface area (Å²) in [5.74, 6) is 0.480. The lowest BCUT2D eigenvalue weighted by Gasteiger charge is -2.30. The van der Waals surface area contributed by atoms with Gasteiger partial charge in [0.25, 0.3) is 10.0 Å². The SMILES string of the molecule is CC1CCN(c2ncc(NS(=O)(=O)c3ccccc3F)cn2)CC1. The number of nitrogens with one attached hydrogen (secondary N) is 1. The first kappa shape index (κ1) is 16.6. The maximum Gasteiger partial charge on any atom is 0.264 e. The Morgan fingerprint density at radius 3 is 2.42 bits per heavy atom. The Kier molecular flexibility index (Phi) is 4.66. The van der Waals surface area contributed by atoms with Crippen molar-refractivity contribution in [3.05, 3.63) is 42.5 Å². The molecule has 0 unspecified atom stereocenters. The molecule has 1 aromatic carbocycles. The van der Waals surface area contributed by atoms with E-state index in [4.69, 9.17) is 0 Å². The summed E-state index contributed by atoms with van der Waals surface area (Å²) < 4.78 is 40.4. The van der Waals surface area contributed by atoms with E-state index < -0.39 is 20.7 Å². The van der Waals surface area contributed by atoms with Gasteiger partial charge in [-0.3, -0.25) is 4.72 Å². The fourth-order valence-electron chi connectivity index (χ4n) is 2.62. The summed E-state index contributed by atoms with van der Waals surface area (Å²) in [5.41, 5.74) is 0.201. The van der Waals surface area contributed by atoms with Crippen LogP contribution in [0.25, 0.3) is 0 Å².